The van der Waals surface area contributed by atoms with E-state index < -0.39 is 5.41 Å². The van der Waals surface area contributed by atoms with Crippen molar-refractivity contribution in [2.75, 3.05) is 9.80 Å². The van der Waals surface area contributed by atoms with Gasteiger partial charge < -0.3 is 9.80 Å². The first-order chi connectivity index (χ1) is 29.3. The number of hydrogen-bond donors (Lipinski definition) is 0. The lowest BCUT2D eigenvalue weighted by atomic mass is 9.70. The van der Waals surface area contributed by atoms with E-state index in [-0.39, 0.29) is 0 Å². The third-order valence-electron chi connectivity index (χ3n) is 12.6. The second-order valence-corrected chi connectivity index (χ2v) is 15.7. The highest BCUT2D eigenvalue weighted by Crippen LogP contribution is 2.64. The Morgan fingerprint density at radius 2 is 0.559 bits per heavy atom. The second-order valence-electron chi connectivity index (χ2n) is 15.7. The highest BCUT2D eigenvalue weighted by atomic mass is 15.1. The molecule has 0 aliphatic heterocycles. The largest absolute Gasteiger partial charge is 0.310 e. The Kier molecular flexibility index (Phi) is 7.48. The summed E-state index contributed by atoms with van der Waals surface area (Å²) in [6, 6.07) is 84.9. The first-order valence-electron chi connectivity index (χ1n) is 20.4. The molecule has 10 aromatic rings. The van der Waals surface area contributed by atoms with Crippen LogP contribution >= 0.6 is 0 Å². The average molecular weight is 751 g/mol. The van der Waals surface area contributed by atoms with Gasteiger partial charge in [-0.2, -0.15) is 0 Å². The van der Waals surface area contributed by atoms with Gasteiger partial charge in [0.2, 0.25) is 0 Å². The molecule has 0 saturated carbocycles. The van der Waals surface area contributed by atoms with E-state index in [1.165, 1.54) is 66.1 Å². The maximum Gasteiger partial charge on any atom is 0.0727 e. The molecule has 0 radical (unpaired) electrons. The van der Waals surface area contributed by atoms with Crippen LogP contribution in [0.25, 0.3) is 43.8 Å². The van der Waals surface area contributed by atoms with Gasteiger partial charge in [-0.25, -0.2) is 0 Å². The van der Waals surface area contributed by atoms with Gasteiger partial charge in [0.1, 0.15) is 0 Å². The molecular weight excluding hydrogens is 713 g/mol. The summed E-state index contributed by atoms with van der Waals surface area (Å²) in [5, 5.41) is 4.90. The predicted molar refractivity (Wildman–Crippen MR) is 247 cm³/mol. The van der Waals surface area contributed by atoms with Crippen LogP contribution in [0, 0.1) is 0 Å². The van der Waals surface area contributed by atoms with Crippen molar-refractivity contribution in [2.45, 2.75) is 5.41 Å². The van der Waals surface area contributed by atoms with E-state index in [2.05, 4.69) is 240 Å². The smallest absolute Gasteiger partial charge is 0.0727 e. The lowest BCUT2D eigenvalue weighted by molar-refractivity contribution is 0.793. The minimum absolute atomic E-state index is 0.540. The third-order valence-corrected chi connectivity index (χ3v) is 12.6. The normalized spacial score (nSPS) is 12.9. The average Bonchev–Trinajstić information content (AvgIpc) is 3.77. The van der Waals surface area contributed by atoms with Crippen molar-refractivity contribution < 1.29 is 0 Å². The summed E-state index contributed by atoms with van der Waals surface area (Å²) < 4.78 is 0. The minimum Gasteiger partial charge on any atom is -0.310 e. The van der Waals surface area contributed by atoms with Crippen LogP contribution in [0.15, 0.2) is 231 Å². The van der Waals surface area contributed by atoms with E-state index in [1.807, 2.05) is 0 Å². The highest BCUT2D eigenvalue weighted by molar-refractivity contribution is 5.98. The van der Waals surface area contributed by atoms with Gasteiger partial charge >= 0.3 is 0 Å². The molecule has 0 heterocycles. The fourth-order valence-corrected chi connectivity index (χ4v) is 10.1. The van der Waals surface area contributed by atoms with Crippen LogP contribution in [0.3, 0.4) is 0 Å². The molecule has 0 amide bonds. The van der Waals surface area contributed by atoms with Crippen LogP contribution in [-0.4, -0.2) is 0 Å². The van der Waals surface area contributed by atoms with Crippen LogP contribution in [0.5, 0.6) is 0 Å². The molecule has 2 heteroatoms. The molecule has 0 unspecified atom stereocenters. The van der Waals surface area contributed by atoms with Crippen molar-refractivity contribution in [2.24, 2.45) is 0 Å². The molecule has 12 rings (SSSR count). The molecule has 2 nitrogen and oxygen atoms in total. The minimum atomic E-state index is -0.540. The zero-order chi connectivity index (χ0) is 38.9. The van der Waals surface area contributed by atoms with E-state index in [1.54, 1.807) is 0 Å². The SMILES string of the molecule is c1ccc(N(c2ccc3c(c2)C2(c4ccccc4-c4ccccc42)c2cc(N(c4ccccc4)c4ccc5ccccc5c4)ccc2-3)c2ccc3ccccc3c2)cc1. The Morgan fingerprint density at radius 3 is 1.02 bits per heavy atom. The summed E-state index contributed by atoms with van der Waals surface area (Å²) in [5.41, 5.74) is 16.6. The molecule has 2 aliphatic rings. The van der Waals surface area contributed by atoms with Gasteiger partial charge in [0.25, 0.3) is 0 Å². The Bertz CT molecular complexity index is 3020. The van der Waals surface area contributed by atoms with Crippen molar-refractivity contribution in [3.05, 3.63) is 253 Å². The van der Waals surface area contributed by atoms with E-state index in [9.17, 15) is 0 Å². The third kappa shape index (κ3) is 5.06. The first kappa shape index (κ1) is 33.5. The summed E-state index contributed by atoms with van der Waals surface area (Å²) >= 11 is 0. The molecule has 59 heavy (non-hydrogen) atoms. The van der Waals surface area contributed by atoms with Gasteiger partial charge in [0, 0.05) is 34.1 Å². The van der Waals surface area contributed by atoms with Crippen LogP contribution in [0.1, 0.15) is 22.3 Å². The van der Waals surface area contributed by atoms with Gasteiger partial charge in [-0.15, -0.1) is 0 Å². The molecule has 0 atom stereocenters. The molecule has 0 bridgehead atoms. The van der Waals surface area contributed by atoms with E-state index in [0.29, 0.717) is 0 Å². The van der Waals surface area contributed by atoms with E-state index in [4.69, 9.17) is 0 Å². The number of hydrogen-bond acceptors (Lipinski definition) is 2. The summed E-state index contributed by atoms with van der Waals surface area (Å²) in [7, 11) is 0. The van der Waals surface area contributed by atoms with Gasteiger partial charge in [-0.1, -0.05) is 158 Å². The second kappa shape index (κ2) is 13.2. The molecule has 1 spiro atoms. The van der Waals surface area contributed by atoms with E-state index in [0.717, 1.165) is 34.1 Å². The first-order valence-corrected chi connectivity index (χ1v) is 20.4. The summed E-state index contributed by atoms with van der Waals surface area (Å²) in [4.78, 5) is 4.83. The molecule has 0 saturated heterocycles. The Balaban J connectivity index is 1.12. The van der Waals surface area contributed by atoms with Gasteiger partial charge in [-0.3, -0.25) is 0 Å². The predicted octanol–water partition coefficient (Wildman–Crippen LogP) is 15.3. The molecule has 0 aromatic heterocycles. The summed E-state index contributed by atoms with van der Waals surface area (Å²) in [6.07, 6.45) is 0. The standard InChI is InChI=1S/C57H38N2/c1-3-19-43(20-4-1)58(45-29-27-39-15-7-9-17-41(39)35-45)47-31-33-51-52-34-32-48(59(44-21-5-2-6-22-44)46-30-28-40-16-8-10-18-42(40)36-46)38-56(52)57(55(51)37-47)53-25-13-11-23-49(53)50-24-12-14-26-54(50)57/h1-38H. The van der Waals surface area contributed by atoms with Crippen LogP contribution in [0.4, 0.5) is 34.1 Å². The number of para-hydroxylation sites is 2. The molecular formula is C57H38N2. The van der Waals surface area contributed by atoms with Crippen molar-refractivity contribution in [3.8, 4) is 22.3 Å². The molecule has 0 fully saturated rings. The molecule has 2 aliphatic carbocycles. The van der Waals surface area contributed by atoms with Crippen LogP contribution in [-0.2, 0) is 5.41 Å². The quantitative estimate of drug-likeness (QED) is 0.167. The van der Waals surface area contributed by atoms with Gasteiger partial charge in [0.05, 0.1) is 5.41 Å². The fourth-order valence-electron chi connectivity index (χ4n) is 10.1. The Labute approximate surface area is 344 Å². The molecule has 0 N–H and O–H groups in total. The monoisotopic (exact) mass is 750 g/mol. The number of anilines is 6. The maximum atomic E-state index is 2.48. The van der Waals surface area contributed by atoms with Crippen molar-refractivity contribution in [1.29, 1.82) is 0 Å². The summed E-state index contributed by atoms with van der Waals surface area (Å²) in [5.74, 6) is 0. The number of benzene rings is 10. The van der Waals surface area contributed by atoms with Crippen LogP contribution < -0.4 is 9.80 Å². The van der Waals surface area contributed by atoms with Crippen molar-refractivity contribution >= 4 is 55.7 Å². The highest BCUT2D eigenvalue weighted by Gasteiger charge is 2.52. The lowest BCUT2D eigenvalue weighted by Gasteiger charge is -2.33. The van der Waals surface area contributed by atoms with Crippen LogP contribution in [0.2, 0.25) is 0 Å². The number of rotatable bonds is 6. The van der Waals surface area contributed by atoms with E-state index >= 15 is 0 Å². The number of nitrogens with zero attached hydrogens (tertiary/aromatic N) is 2. The lowest BCUT2D eigenvalue weighted by Crippen LogP contribution is -2.26. The Morgan fingerprint density at radius 1 is 0.220 bits per heavy atom. The zero-order valence-corrected chi connectivity index (χ0v) is 32.3. The van der Waals surface area contributed by atoms with Gasteiger partial charge in [-0.05, 0) is 139 Å². The van der Waals surface area contributed by atoms with Crippen molar-refractivity contribution in [1.82, 2.24) is 0 Å². The molecule has 10 aromatic carbocycles. The zero-order valence-electron chi connectivity index (χ0n) is 32.3. The topological polar surface area (TPSA) is 6.48 Å². The molecule has 276 valence electrons. The van der Waals surface area contributed by atoms with Crippen molar-refractivity contribution in [3.63, 3.8) is 0 Å². The number of fused-ring (bicyclic) bond motifs is 12. The maximum absolute atomic E-state index is 2.48. The van der Waals surface area contributed by atoms with Gasteiger partial charge in [0.15, 0.2) is 0 Å². The Hall–Kier alpha value is -7.68. The summed E-state index contributed by atoms with van der Waals surface area (Å²) in [6.45, 7) is 0. The fraction of sp³-hybridized carbons (Fsp3) is 0.0175.